The average molecular weight is 349 g/mol. The van der Waals surface area contributed by atoms with E-state index in [-0.39, 0.29) is 22.8 Å². The molecule has 4 nitrogen and oxygen atoms in total. The first-order valence-corrected chi connectivity index (χ1v) is 9.58. The molecular formula is C20H28FNO3. The van der Waals surface area contributed by atoms with Crippen molar-refractivity contribution in [3.63, 3.8) is 0 Å². The highest BCUT2D eigenvalue weighted by atomic mass is 19.1. The summed E-state index contributed by atoms with van der Waals surface area (Å²) in [6.07, 6.45) is 7.06. The number of hydrogen-bond donors (Lipinski definition) is 1. The van der Waals surface area contributed by atoms with Crippen LogP contribution in [0.4, 0.5) is 4.39 Å². The molecule has 0 radical (unpaired) electrons. The number of carboxylic acids is 1. The van der Waals surface area contributed by atoms with E-state index < -0.39 is 17.7 Å². The molecule has 7 atom stereocenters. The van der Waals surface area contributed by atoms with Gasteiger partial charge in [-0.25, -0.2) is 4.39 Å². The third-order valence-electron chi connectivity index (χ3n) is 8.46. The van der Waals surface area contributed by atoms with Crippen LogP contribution in [0.3, 0.4) is 0 Å². The minimum Gasteiger partial charge on any atom is -0.481 e. The Bertz CT molecular complexity index is 661. The van der Waals surface area contributed by atoms with Crippen LogP contribution in [0.5, 0.6) is 0 Å². The summed E-state index contributed by atoms with van der Waals surface area (Å²) in [6, 6.07) is 0.0572. The molecule has 5 heteroatoms. The quantitative estimate of drug-likeness (QED) is 0.786. The summed E-state index contributed by atoms with van der Waals surface area (Å²) in [5, 5.41) is 9.65. The molecule has 0 bridgehead atoms. The Morgan fingerprint density at radius 2 is 1.92 bits per heavy atom. The van der Waals surface area contributed by atoms with Crippen LogP contribution in [0.1, 0.15) is 52.4 Å². The zero-order valence-electron chi connectivity index (χ0n) is 15.3. The second kappa shape index (κ2) is 5.31. The molecule has 0 aromatic heterocycles. The maximum atomic E-state index is 14.3. The molecule has 0 spiro atoms. The normalized spacial score (nSPS) is 49.1. The fraction of sp³-hybridized carbons (Fsp3) is 0.800. The monoisotopic (exact) mass is 349 g/mol. The largest absolute Gasteiger partial charge is 0.481 e. The molecule has 7 unspecified atom stereocenters. The third-order valence-corrected chi connectivity index (χ3v) is 8.46. The second-order valence-electron chi connectivity index (χ2n) is 9.26. The molecular weight excluding hydrogens is 321 g/mol. The maximum absolute atomic E-state index is 14.3. The Morgan fingerprint density at radius 3 is 2.60 bits per heavy atom. The molecule has 25 heavy (non-hydrogen) atoms. The van der Waals surface area contributed by atoms with E-state index in [0.29, 0.717) is 17.8 Å². The van der Waals surface area contributed by atoms with Crippen LogP contribution >= 0.6 is 0 Å². The number of fused-ring (bicyclic) bond motifs is 5. The van der Waals surface area contributed by atoms with Crippen molar-refractivity contribution >= 4 is 11.9 Å². The van der Waals surface area contributed by atoms with Gasteiger partial charge in [-0.2, -0.15) is 0 Å². The highest BCUT2D eigenvalue weighted by Gasteiger charge is 2.62. The summed E-state index contributed by atoms with van der Waals surface area (Å²) in [7, 11) is 1.72. The van der Waals surface area contributed by atoms with Gasteiger partial charge in [-0.05, 0) is 67.8 Å². The van der Waals surface area contributed by atoms with Gasteiger partial charge in [0, 0.05) is 18.5 Å². The van der Waals surface area contributed by atoms with Crippen LogP contribution in [-0.4, -0.2) is 35.0 Å². The number of halogens is 1. The van der Waals surface area contributed by atoms with Gasteiger partial charge in [-0.15, -0.1) is 0 Å². The lowest BCUT2D eigenvalue weighted by Gasteiger charge is -2.60. The zero-order chi connectivity index (χ0) is 18.1. The van der Waals surface area contributed by atoms with Crippen molar-refractivity contribution in [3.05, 3.63) is 11.9 Å². The predicted molar refractivity (Wildman–Crippen MR) is 91.3 cm³/mol. The molecule has 1 N–H and O–H groups in total. The van der Waals surface area contributed by atoms with Gasteiger partial charge in [0.2, 0.25) is 0 Å². The lowest BCUT2D eigenvalue weighted by molar-refractivity contribution is -0.153. The fourth-order valence-corrected chi connectivity index (χ4v) is 7.24. The second-order valence-corrected chi connectivity index (χ2v) is 9.26. The zero-order valence-corrected chi connectivity index (χ0v) is 15.3. The molecule has 1 aliphatic heterocycles. The molecule has 3 fully saturated rings. The topological polar surface area (TPSA) is 57.6 Å². The number of likely N-dealkylation sites (N-methyl/N-ethyl adjacent to an activating group) is 1. The smallest absolute Gasteiger partial charge is 0.307 e. The number of carbonyl (C=O) groups excluding carboxylic acids is 1. The van der Waals surface area contributed by atoms with Crippen molar-refractivity contribution in [1.29, 1.82) is 0 Å². The van der Waals surface area contributed by atoms with Gasteiger partial charge in [0.25, 0.3) is 5.91 Å². The summed E-state index contributed by atoms with van der Waals surface area (Å²) >= 11 is 0. The summed E-state index contributed by atoms with van der Waals surface area (Å²) in [4.78, 5) is 25.4. The Hall–Kier alpha value is -1.39. The van der Waals surface area contributed by atoms with Crippen LogP contribution < -0.4 is 0 Å². The number of aliphatic carboxylic acids is 1. The maximum Gasteiger partial charge on any atom is 0.307 e. The predicted octanol–water partition coefficient (Wildman–Crippen LogP) is 3.62. The molecule has 0 aromatic carbocycles. The molecule has 3 saturated carbocycles. The molecule has 1 amide bonds. The van der Waals surface area contributed by atoms with E-state index in [1.54, 1.807) is 18.0 Å². The van der Waals surface area contributed by atoms with E-state index in [9.17, 15) is 19.1 Å². The van der Waals surface area contributed by atoms with E-state index >= 15 is 0 Å². The number of amides is 1. The van der Waals surface area contributed by atoms with Gasteiger partial charge >= 0.3 is 5.97 Å². The van der Waals surface area contributed by atoms with E-state index in [1.165, 1.54) is 0 Å². The standard InChI is InChI=1S/C20H28FNO3/c1-19-9-8-13-11(12(19)5-6-14(19)18(24)25)4-7-16-20(13,2)10-15(21)17(23)22(16)3/h10-14,16H,4-9H2,1-3H3,(H,24,25). The summed E-state index contributed by atoms with van der Waals surface area (Å²) < 4.78 is 14.3. The van der Waals surface area contributed by atoms with Crippen LogP contribution in [0.25, 0.3) is 0 Å². The van der Waals surface area contributed by atoms with Crippen molar-refractivity contribution in [2.75, 3.05) is 7.05 Å². The van der Waals surface area contributed by atoms with E-state index in [0.717, 1.165) is 38.5 Å². The lowest BCUT2D eigenvalue weighted by atomic mass is 9.47. The first-order valence-electron chi connectivity index (χ1n) is 9.58. The lowest BCUT2D eigenvalue weighted by Crippen LogP contribution is -2.60. The first-order chi connectivity index (χ1) is 11.7. The number of hydrogen-bond acceptors (Lipinski definition) is 2. The number of nitrogens with zero attached hydrogens (tertiary/aromatic N) is 1. The van der Waals surface area contributed by atoms with E-state index in [1.807, 2.05) is 0 Å². The van der Waals surface area contributed by atoms with Crippen molar-refractivity contribution in [1.82, 2.24) is 4.90 Å². The molecule has 1 heterocycles. The Kier molecular flexibility index (Phi) is 3.62. The van der Waals surface area contributed by atoms with Crippen LogP contribution in [0, 0.1) is 34.5 Å². The van der Waals surface area contributed by atoms with Gasteiger partial charge in [-0.1, -0.05) is 13.8 Å². The summed E-state index contributed by atoms with van der Waals surface area (Å²) in [5.41, 5.74) is -0.465. The van der Waals surface area contributed by atoms with Gasteiger partial charge in [0.15, 0.2) is 5.83 Å². The van der Waals surface area contributed by atoms with Crippen molar-refractivity contribution < 1.29 is 19.1 Å². The highest BCUT2D eigenvalue weighted by molar-refractivity contribution is 5.92. The minimum atomic E-state index is -0.655. The molecule has 138 valence electrons. The number of carboxylic acid groups (broad SMARTS) is 1. The Balaban J connectivity index is 1.70. The first kappa shape index (κ1) is 17.0. The van der Waals surface area contributed by atoms with Crippen LogP contribution in [0.15, 0.2) is 11.9 Å². The van der Waals surface area contributed by atoms with Crippen LogP contribution in [-0.2, 0) is 9.59 Å². The number of rotatable bonds is 1. The molecule has 4 aliphatic rings. The molecule has 0 saturated heterocycles. The van der Waals surface area contributed by atoms with Gasteiger partial charge in [0.05, 0.1) is 5.92 Å². The summed E-state index contributed by atoms with van der Waals surface area (Å²) in [6.45, 7) is 4.28. The molecule has 4 rings (SSSR count). The molecule has 3 aliphatic carbocycles. The van der Waals surface area contributed by atoms with E-state index in [4.69, 9.17) is 0 Å². The van der Waals surface area contributed by atoms with Crippen molar-refractivity contribution in [2.24, 2.45) is 34.5 Å². The number of carbonyl (C=O) groups is 2. The highest BCUT2D eigenvalue weighted by Crippen LogP contribution is 2.65. The third kappa shape index (κ3) is 2.10. The Morgan fingerprint density at radius 1 is 1.20 bits per heavy atom. The average Bonchev–Trinajstić information content (AvgIpc) is 2.90. The van der Waals surface area contributed by atoms with Crippen LogP contribution in [0.2, 0.25) is 0 Å². The van der Waals surface area contributed by atoms with Gasteiger partial charge in [0.1, 0.15) is 0 Å². The van der Waals surface area contributed by atoms with E-state index in [2.05, 4.69) is 13.8 Å². The minimum absolute atomic E-state index is 0.0572. The molecule has 0 aromatic rings. The van der Waals surface area contributed by atoms with Crippen molar-refractivity contribution in [3.8, 4) is 0 Å². The van der Waals surface area contributed by atoms with Gasteiger partial charge < -0.3 is 10.0 Å². The fourth-order valence-electron chi connectivity index (χ4n) is 7.24. The SMILES string of the molecule is CN1C(=O)C(F)=CC2(C)C3CCC4(C)C(C(=O)O)CCC4C3CCC12. The summed E-state index contributed by atoms with van der Waals surface area (Å²) in [5.74, 6) is -0.833. The van der Waals surface area contributed by atoms with Gasteiger partial charge in [-0.3, -0.25) is 9.59 Å². The Labute approximate surface area is 148 Å². The van der Waals surface area contributed by atoms with Crippen molar-refractivity contribution in [2.45, 2.75) is 58.4 Å².